The molecule has 0 spiro atoms. The molecule has 2 atom stereocenters. The fraction of sp³-hybridized carbons (Fsp3) is 0.556. The third-order valence-corrected chi connectivity index (χ3v) is 5.09. The summed E-state index contributed by atoms with van der Waals surface area (Å²) in [5, 5.41) is 0.119. The molecule has 25 heavy (non-hydrogen) atoms. The van der Waals surface area contributed by atoms with Gasteiger partial charge in [-0.15, -0.1) is 0 Å². The predicted octanol–water partition coefficient (Wildman–Crippen LogP) is 2.84. The Labute approximate surface area is 151 Å². The van der Waals surface area contributed by atoms with Crippen LogP contribution in [0.25, 0.3) is 0 Å². The van der Waals surface area contributed by atoms with Crippen LogP contribution in [0.4, 0.5) is 4.39 Å². The normalized spacial score (nSPS) is 24.2. The minimum atomic E-state index is -0.465. The molecule has 0 bridgehead atoms. The fourth-order valence-corrected chi connectivity index (χ4v) is 3.72. The van der Waals surface area contributed by atoms with E-state index >= 15 is 0 Å². The molecular weight excluding hydrogens is 349 g/mol. The van der Waals surface area contributed by atoms with Crippen LogP contribution in [0.15, 0.2) is 18.2 Å². The van der Waals surface area contributed by atoms with Crippen LogP contribution >= 0.6 is 11.6 Å². The van der Waals surface area contributed by atoms with Crippen molar-refractivity contribution in [1.29, 1.82) is 0 Å². The van der Waals surface area contributed by atoms with E-state index in [0.29, 0.717) is 26.2 Å². The van der Waals surface area contributed by atoms with Crippen LogP contribution in [0.1, 0.15) is 25.7 Å². The summed E-state index contributed by atoms with van der Waals surface area (Å²) in [4.78, 5) is 26.6. The maximum atomic E-state index is 13.1. The van der Waals surface area contributed by atoms with Gasteiger partial charge in [0.1, 0.15) is 17.3 Å². The van der Waals surface area contributed by atoms with E-state index in [4.69, 9.17) is 21.1 Å². The minimum absolute atomic E-state index is 0.119. The molecule has 0 N–H and O–H groups in total. The van der Waals surface area contributed by atoms with Crippen molar-refractivity contribution in [3.63, 3.8) is 0 Å². The molecule has 5 nitrogen and oxygen atoms in total. The maximum Gasteiger partial charge on any atom is 0.260 e. The third kappa shape index (κ3) is 4.30. The molecule has 7 heteroatoms. The van der Waals surface area contributed by atoms with Crippen LogP contribution in [-0.4, -0.2) is 49.0 Å². The number of Topliss-reactive ketones (excluding diaryl/α,β-unsaturated/α-hetero) is 1. The van der Waals surface area contributed by atoms with Crippen molar-refractivity contribution in [3.8, 4) is 5.75 Å². The predicted molar refractivity (Wildman–Crippen MR) is 90.2 cm³/mol. The zero-order chi connectivity index (χ0) is 17.8. The molecule has 1 saturated heterocycles. The Morgan fingerprint density at radius 3 is 3.00 bits per heavy atom. The second kappa shape index (κ2) is 8.15. The molecule has 3 rings (SSSR count). The van der Waals surface area contributed by atoms with Gasteiger partial charge in [0, 0.05) is 18.9 Å². The molecule has 1 heterocycles. The highest BCUT2D eigenvalue weighted by Crippen LogP contribution is 2.29. The SMILES string of the molecule is O=C1CCCCC1C1COCCN1C(=O)COc1ccc(F)cc1Cl. The molecule has 2 aliphatic rings. The number of rotatable bonds is 4. The number of benzene rings is 1. The van der Waals surface area contributed by atoms with Gasteiger partial charge >= 0.3 is 0 Å². The minimum Gasteiger partial charge on any atom is -0.482 e. The Morgan fingerprint density at radius 2 is 2.24 bits per heavy atom. The summed E-state index contributed by atoms with van der Waals surface area (Å²) in [7, 11) is 0. The zero-order valence-corrected chi connectivity index (χ0v) is 14.6. The number of ketones is 1. The van der Waals surface area contributed by atoms with E-state index in [2.05, 4.69) is 0 Å². The highest BCUT2D eigenvalue weighted by Gasteiger charge is 2.38. The molecule has 1 aromatic carbocycles. The highest BCUT2D eigenvalue weighted by atomic mass is 35.5. The molecule has 0 aromatic heterocycles. The van der Waals surface area contributed by atoms with Gasteiger partial charge in [-0.3, -0.25) is 9.59 Å². The first kappa shape index (κ1) is 18.1. The standard InChI is InChI=1S/C18H21ClFNO4/c19-14-9-12(20)5-6-17(14)25-11-18(23)21-7-8-24-10-15(21)13-3-1-2-4-16(13)22/h5-6,9,13,15H,1-4,7-8,10-11H2. The zero-order valence-electron chi connectivity index (χ0n) is 13.9. The lowest BCUT2D eigenvalue weighted by Crippen LogP contribution is -2.55. The van der Waals surface area contributed by atoms with E-state index in [1.54, 1.807) is 4.90 Å². The molecule has 0 radical (unpaired) electrons. The van der Waals surface area contributed by atoms with Gasteiger partial charge in [-0.25, -0.2) is 4.39 Å². The summed E-state index contributed by atoms with van der Waals surface area (Å²) in [6.45, 7) is 1.05. The third-order valence-electron chi connectivity index (χ3n) is 4.80. The Kier molecular flexibility index (Phi) is 5.91. The summed E-state index contributed by atoms with van der Waals surface area (Å²) in [6.07, 6.45) is 3.28. The van der Waals surface area contributed by atoms with Crippen molar-refractivity contribution < 1.29 is 23.5 Å². The average molecular weight is 370 g/mol. The van der Waals surface area contributed by atoms with Crippen LogP contribution < -0.4 is 4.74 Å². The van der Waals surface area contributed by atoms with Crippen molar-refractivity contribution >= 4 is 23.3 Å². The molecule has 1 aliphatic heterocycles. The van der Waals surface area contributed by atoms with Crippen LogP contribution in [0.2, 0.25) is 5.02 Å². The first-order valence-electron chi connectivity index (χ1n) is 8.54. The Bertz CT molecular complexity index is 654. The fourth-order valence-electron chi connectivity index (χ4n) is 3.50. The number of morpholine rings is 1. The molecule has 2 unspecified atom stereocenters. The van der Waals surface area contributed by atoms with E-state index in [9.17, 15) is 14.0 Å². The average Bonchev–Trinajstić information content (AvgIpc) is 2.61. The largest absolute Gasteiger partial charge is 0.482 e. The second-order valence-corrected chi connectivity index (χ2v) is 6.82. The van der Waals surface area contributed by atoms with E-state index in [1.807, 2.05) is 0 Å². The number of nitrogens with zero attached hydrogens (tertiary/aromatic N) is 1. The van der Waals surface area contributed by atoms with Crippen molar-refractivity contribution in [2.75, 3.05) is 26.4 Å². The van der Waals surface area contributed by atoms with E-state index < -0.39 is 5.82 Å². The molecular formula is C18H21ClFNO4. The summed E-state index contributed by atoms with van der Waals surface area (Å²) < 4.78 is 24.0. The molecule has 1 saturated carbocycles. The number of carbonyl (C=O) groups is 2. The molecule has 1 aromatic rings. The lowest BCUT2D eigenvalue weighted by Gasteiger charge is -2.40. The van der Waals surface area contributed by atoms with Crippen LogP contribution in [0.5, 0.6) is 5.75 Å². The Balaban J connectivity index is 1.65. The topological polar surface area (TPSA) is 55.8 Å². The smallest absolute Gasteiger partial charge is 0.260 e. The molecule has 1 amide bonds. The Morgan fingerprint density at radius 1 is 1.40 bits per heavy atom. The van der Waals surface area contributed by atoms with Crippen molar-refractivity contribution in [2.45, 2.75) is 31.7 Å². The van der Waals surface area contributed by atoms with E-state index in [1.165, 1.54) is 12.1 Å². The van der Waals surface area contributed by atoms with Gasteiger partial charge in [-0.05, 0) is 31.0 Å². The number of hydrogen-bond donors (Lipinski definition) is 0. The maximum absolute atomic E-state index is 13.1. The monoisotopic (exact) mass is 369 g/mol. The number of ether oxygens (including phenoxy) is 2. The molecule has 1 aliphatic carbocycles. The quantitative estimate of drug-likeness (QED) is 0.819. The highest BCUT2D eigenvalue weighted by molar-refractivity contribution is 6.32. The van der Waals surface area contributed by atoms with Gasteiger partial charge in [0.25, 0.3) is 5.91 Å². The van der Waals surface area contributed by atoms with Gasteiger partial charge < -0.3 is 14.4 Å². The summed E-state index contributed by atoms with van der Waals surface area (Å²) in [5.41, 5.74) is 0. The molecule has 136 valence electrons. The first-order chi connectivity index (χ1) is 12.1. The number of halogens is 2. The second-order valence-electron chi connectivity index (χ2n) is 6.41. The number of hydrogen-bond acceptors (Lipinski definition) is 4. The van der Waals surface area contributed by atoms with Gasteiger partial charge in [-0.2, -0.15) is 0 Å². The van der Waals surface area contributed by atoms with Gasteiger partial charge in [0.2, 0.25) is 0 Å². The number of carbonyl (C=O) groups excluding carboxylic acids is 2. The number of amides is 1. The lowest BCUT2D eigenvalue weighted by atomic mass is 9.82. The van der Waals surface area contributed by atoms with Crippen molar-refractivity contribution in [3.05, 3.63) is 29.0 Å². The lowest BCUT2D eigenvalue weighted by molar-refractivity contribution is -0.148. The Hall–Kier alpha value is -1.66. The summed E-state index contributed by atoms with van der Waals surface area (Å²) in [6, 6.07) is 3.52. The van der Waals surface area contributed by atoms with Crippen LogP contribution in [-0.2, 0) is 14.3 Å². The summed E-state index contributed by atoms with van der Waals surface area (Å²) in [5.74, 6) is -0.371. The summed E-state index contributed by atoms with van der Waals surface area (Å²) >= 11 is 5.91. The van der Waals surface area contributed by atoms with Crippen molar-refractivity contribution in [2.24, 2.45) is 5.92 Å². The van der Waals surface area contributed by atoms with E-state index in [0.717, 1.165) is 25.3 Å². The van der Waals surface area contributed by atoms with Gasteiger partial charge in [-0.1, -0.05) is 18.0 Å². The molecule has 2 fully saturated rings. The van der Waals surface area contributed by atoms with Gasteiger partial charge in [0.05, 0.1) is 24.3 Å². The van der Waals surface area contributed by atoms with E-state index in [-0.39, 0.29) is 41.0 Å². The van der Waals surface area contributed by atoms with Gasteiger partial charge in [0.15, 0.2) is 6.61 Å². The first-order valence-corrected chi connectivity index (χ1v) is 8.92. The van der Waals surface area contributed by atoms with Crippen LogP contribution in [0.3, 0.4) is 0 Å². The van der Waals surface area contributed by atoms with Crippen molar-refractivity contribution in [1.82, 2.24) is 4.90 Å². The van der Waals surface area contributed by atoms with Crippen LogP contribution in [0, 0.1) is 11.7 Å².